The lowest BCUT2D eigenvalue weighted by Crippen LogP contribution is -2.48. The highest BCUT2D eigenvalue weighted by Gasteiger charge is 2.30. The molecule has 0 aliphatic carbocycles. The van der Waals surface area contributed by atoms with Crippen LogP contribution >= 0.6 is 15.9 Å². The zero-order chi connectivity index (χ0) is 19.6. The summed E-state index contributed by atoms with van der Waals surface area (Å²) in [6.45, 7) is 5.06. The zero-order valence-corrected chi connectivity index (χ0v) is 17.8. The van der Waals surface area contributed by atoms with Gasteiger partial charge in [0.1, 0.15) is 0 Å². The molecule has 0 amide bonds. The first-order valence-corrected chi connectivity index (χ1v) is 11.4. The van der Waals surface area contributed by atoms with Crippen molar-refractivity contribution in [2.45, 2.75) is 4.90 Å². The highest BCUT2D eigenvalue weighted by atomic mass is 79.9. The van der Waals surface area contributed by atoms with Gasteiger partial charge in [-0.3, -0.25) is 0 Å². The number of halogens is 1. The van der Waals surface area contributed by atoms with Crippen molar-refractivity contribution in [2.24, 2.45) is 0 Å². The van der Waals surface area contributed by atoms with E-state index >= 15 is 0 Å². The van der Waals surface area contributed by atoms with E-state index in [1.54, 1.807) is 28.7 Å². The second-order valence-corrected chi connectivity index (χ2v) is 9.45. The monoisotopic (exact) mass is 467 g/mol. The topological polar surface area (TPSA) is 78.9 Å². The fraction of sp³-hybridized carbons (Fsp3) is 0.444. The quantitative estimate of drug-likeness (QED) is 0.675. The Hall–Kier alpha value is -1.75. The van der Waals surface area contributed by atoms with Gasteiger partial charge in [-0.1, -0.05) is 12.1 Å². The Balaban J connectivity index is 1.45. The SMILES string of the molecule is O=S(=O)(c1ccccc1Br)N1CCN(c2cnnc(N3CCOCC3)c2)CC1. The number of aromatic nitrogens is 2. The number of nitrogens with zero attached hydrogens (tertiary/aromatic N) is 5. The van der Waals surface area contributed by atoms with Gasteiger partial charge in [0.15, 0.2) is 5.82 Å². The van der Waals surface area contributed by atoms with E-state index in [9.17, 15) is 8.42 Å². The Morgan fingerprint density at radius 3 is 2.39 bits per heavy atom. The van der Waals surface area contributed by atoms with Crippen LogP contribution in [0.3, 0.4) is 0 Å². The van der Waals surface area contributed by atoms with Crippen LogP contribution in [0.1, 0.15) is 0 Å². The summed E-state index contributed by atoms with van der Waals surface area (Å²) in [5.41, 5.74) is 0.967. The Bertz CT molecular complexity index is 928. The predicted octanol–water partition coefficient (Wildman–Crippen LogP) is 1.59. The molecule has 2 fully saturated rings. The Kier molecular flexibility index (Phi) is 5.81. The summed E-state index contributed by atoms with van der Waals surface area (Å²) >= 11 is 3.35. The lowest BCUT2D eigenvalue weighted by Gasteiger charge is -2.35. The predicted molar refractivity (Wildman–Crippen MR) is 110 cm³/mol. The van der Waals surface area contributed by atoms with E-state index < -0.39 is 10.0 Å². The number of piperazine rings is 1. The maximum Gasteiger partial charge on any atom is 0.244 e. The third-order valence-electron chi connectivity index (χ3n) is 5.02. The molecule has 0 unspecified atom stereocenters. The average molecular weight is 468 g/mol. The minimum Gasteiger partial charge on any atom is -0.378 e. The average Bonchev–Trinajstić information content (AvgIpc) is 2.75. The molecule has 8 nitrogen and oxygen atoms in total. The van der Waals surface area contributed by atoms with Gasteiger partial charge in [0.2, 0.25) is 10.0 Å². The number of morpholine rings is 1. The standard InChI is InChI=1S/C18H22BrN5O3S/c19-16-3-1-2-4-17(16)28(25,26)24-7-5-22(6-8-24)15-13-18(21-20-14-15)23-9-11-27-12-10-23/h1-4,13-14H,5-12H2. The molecule has 2 saturated heterocycles. The Morgan fingerprint density at radius 2 is 1.68 bits per heavy atom. The highest BCUT2D eigenvalue weighted by Crippen LogP contribution is 2.27. The molecule has 0 atom stereocenters. The highest BCUT2D eigenvalue weighted by molar-refractivity contribution is 9.10. The number of benzene rings is 1. The van der Waals surface area contributed by atoms with Crippen molar-refractivity contribution in [3.63, 3.8) is 0 Å². The van der Waals surface area contributed by atoms with Crippen LogP contribution in [0.4, 0.5) is 11.5 Å². The number of ether oxygens (including phenoxy) is 1. The van der Waals surface area contributed by atoms with Gasteiger partial charge in [0.25, 0.3) is 0 Å². The van der Waals surface area contributed by atoms with Crippen LogP contribution in [0.25, 0.3) is 0 Å². The van der Waals surface area contributed by atoms with Gasteiger partial charge in [0.05, 0.1) is 30.0 Å². The fourth-order valence-electron chi connectivity index (χ4n) is 3.45. The van der Waals surface area contributed by atoms with Crippen molar-refractivity contribution in [2.75, 3.05) is 62.3 Å². The van der Waals surface area contributed by atoms with E-state index in [2.05, 4.69) is 35.9 Å². The molecule has 28 heavy (non-hydrogen) atoms. The number of sulfonamides is 1. The van der Waals surface area contributed by atoms with Crippen molar-refractivity contribution < 1.29 is 13.2 Å². The minimum absolute atomic E-state index is 0.309. The molecule has 1 aromatic heterocycles. The van der Waals surface area contributed by atoms with Gasteiger partial charge < -0.3 is 14.5 Å². The Morgan fingerprint density at radius 1 is 0.964 bits per heavy atom. The Labute approximate surface area is 173 Å². The summed E-state index contributed by atoms with van der Waals surface area (Å²) in [5.74, 6) is 0.837. The molecule has 0 radical (unpaired) electrons. The molecule has 2 aliphatic rings. The van der Waals surface area contributed by atoms with Gasteiger partial charge in [-0.15, -0.1) is 5.10 Å². The van der Waals surface area contributed by atoms with E-state index in [1.165, 1.54) is 0 Å². The molecule has 2 aromatic rings. The minimum atomic E-state index is -3.51. The summed E-state index contributed by atoms with van der Waals surface area (Å²) in [6.07, 6.45) is 1.74. The van der Waals surface area contributed by atoms with E-state index in [-0.39, 0.29) is 0 Å². The summed E-state index contributed by atoms with van der Waals surface area (Å²) < 4.78 is 33.4. The lowest BCUT2D eigenvalue weighted by atomic mass is 10.3. The number of hydrogen-bond donors (Lipinski definition) is 0. The number of anilines is 2. The van der Waals surface area contributed by atoms with Gasteiger partial charge in [-0.05, 0) is 28.1 Å². The van der Waals surface area contributed by atoms with E-state index in [4.69, 9.17) is 4.74 Å². The normalized spacial score (nSPS) is 19.0. The molecule has 0 spiro atoms. The van der Waals surface area contributed by atoms with E-state index in [0.717, 1.165) is 24.6 Å². The third kappa shape index (κ3) is 4.00. The molecule has 0 bridgehead atoms. The number of hydrogen-bond acceptors (Lipinski definition) is 7. The van der Waals surface area contributed by atoms with Crippen LogP contribution in [-0.2, 0) is 14.8 Å². The van der Waals surface area contributed by atoms with Gasteiger partial charge in [0, 0.05) is 49.8 Å². The molecule has 0 saturated carbocycles. The maximum atomic E-state index is 12.9. The fourth-order valence-corrected chi connectivity index (χ4v) is 5.83. The van der Waals surface area contributed by atoms with Crippen LogP contribution in [-0.4, -0.2) is 75.4 Å². The van der Waals surface area contributed by atoms with Crippen molar-refractivity contribution in [3.05, 3.63) is 41.0 Å². The molecule has 10 heteroatoms. The largest absolute Gasteiger partial charge is 0.378 e. The van der Waals surface area contributed by atoms with Gasteiger partial charge in [-0.25, -0.2) is 8.42 Å². The van der Waals surface area contributed by atoms with Crippen molar-refractivity contribution >= 4 is 37.5 Å². The molecule has 0 N–H and O–H groups in total. The second kappa shape index (κ2) is 8.32. The summed E-state index contributed by atoms with van der Waals surface area (Å²) in [5, 5.41) is 8.39. The first-order chi connectivity index (χ1) is 13.6. The molecule has 1 aromatic carbocycles. The van der Waals surface area contributed by atoms with Crippen LogP contribution in [0.5, 0.6) is 0 Å². The van der Waals surface area contributed by atoms with Crippen LogP contribution in [0.15, 0.2) is 45.9 Å². The van der Waals surface area contributed by atoms with Crippen molar-refractivity contribution in [3.8, 4) is 0 Å². The first-order valence-electron chi connectivity index (χ1n) is 9.21. The molecule has 150 valence electrons. The van der Waals surface area contributed by atoms with Crippen LogP contribution in [0, 0.1) is 0 Å². The zero-order valence-electron chi connectivity index (χ0n) is 15.4. The maximum absolute atomic E-state index is 12.9. The molecular formula is C18H22BrN5O3S. The van der Waals surface area contributed by atoms with E-state index in [1.807, 2.05) is 12.1 Å². The van der Waals surface area contributed by atoms with Crippen molar-refractivity contribution in [1.29, 1.82) is 0 Å². The van der Waals surface area contributed by atoms with E-state index in [0.29, 0.717) is 48.8 Å². The second-order valence-electron chi connectivity index (χ2n) is 6.69. The summed E-state index contributed by atoms with van der Waals surface area (Å²) in [7, 11) is -3.51. The first kappa shape index (κ1) is 19.6. The smallest absolute Gasteiger partial charge is 0.244 e. The molecular weight excluding hydrogens is 446 g/mol. The third-order valence-corrected chi connectivity index (χ3v) is 7.93. The lowest BCUT2D eigenvalue weighted by molar-refractivity contribution is 0.122. The van der Waals surface area contributed by atoms with Crippen LogP contribution < -0.4 is 9.80 Å². The summed E-state index contributed by atoms with van der Waals surface area (Å²) in [6, 6.07) is 8.95. The van der Waals surface area contributed by atoms with Gasteiger partial charge in [-0.2, -0.15) is 9.40 Å². The molecule has 3 heterocycles. The summed E-state index contributed by atoms with van der Waals surface area (Å²) in [4.78, 5) is 4.63. The number of rotatable bonds is 4. The van der Waals surface area contributed by atoms with Crippen LogP contribution in [0.2, 0.25) is 0 Å². The van der Waals surface area contributed by atoms with Gasteiger partial charge >= 0.3 is 0 Å². The van der Waals surface area contributed by atoms with Crippen molar-refractivity contribution in [1.82, 2.24) is 14.5 Å². The molecule has 2 aliphatic heterocycles. The molecule has 4 rings (SSSR count).